The number of epoxide rings is 1. The van der Waals surface area contributed by atoms with Crippen molar-refractivity contribution >= 4 is 5.97 Å². The van der Waals surface area contributed by atoms with Crippen molar-refractivity contribution in [1.29, 1.82) is 0 Å². The van der Waals surface area contributed by atoms with Gasteiger partial charge in [0.2, 0.25) is 0 Å². The van der Waals surface area contributed by atoms with E-state index >= 15 is 0 Å². The van der Waals surface area contributed by atoms with Gasteiger partial charge in [0, 0.05) is 11.8 Å². The highest BCUT2D eigenvalue weighted by molar-refractivity contribution is 5.70. The van der Waals surface area contributed by atoms with Crippen molar-refractivity contribution < 1.29 is 14.3 Å². The van der Waals surface area contributed by atoms with Crippen LogP contribution in [0.15, 0.2) is 0 Å². The van der Waals surface area contributed by atoms with E-state index in [1.54, 1.807) is 0 Å². The Morgan fingerprint density at radius 3 is 2.60 bits per heavy atom. The Bertz CT molecular complexity index is 428. The summed E-state index contributed by atoms with van der Waals surface area (Å²) in [5, 5.41) is 0. The van der Waals surface area contributed by atoms with Gasteiger partial charge in [0.15, 0.2) is 0 Å². The fraction of sp³-hybridized carbons (Fsp3) is 0.824. The molecule has 1 saturated carbocycles. The van der Waals surface area contributed by atoms with Crippen LogP contribution in [0.3, 0.4) is 0 Å². The molecule has 1 spiro atoms. The molecule has 0 aromatic heterocycles. The van der Waals surface area contributed by atoms with Gasteiger partial charge in [-0.1, -0.05) is 20.8 Å². The topological polar surface area (TPSA) is 38.8 Å². The summed E-state index contributed by atoms with van der Waals surface area (Å²) >= 11 is 0. The molecule has 1 aliphatic carbocycles. The van der Waals surface area contributed by atoms with Crippen LogP contribution >= 0.6 is 0 Å². The molecule has 3 heteroatoms. The van der Waals surface area contributed by atoms with E-state index in [2.05, 4.69) is 26.7 Å². The average molecular weight is 278 g/mol. The number of rotatable bonds is 5. The van der Waals surface area contributed by atoms with E-state index in [0.29, 0.717) is 18.9 Å². The van der Waals surface area contributed by atoms with E-state index in [0.717, 1.165) is 25.9 Å². The van der Waals surface area contributed by atoms with Crippen LogP contribution in [0.1, 0.15) is 53.4 Å². The molecule has 3 atom stereocenters. The average Bonchev–Trinajstić information content (AvgIpc) is 3.07. The Balaban J connectivity index is 2.20. The molecule has 3 nitrogen and oxygen atoms in total. The first-order valence-corrected chi connectivity index (χ1v) is 7.54. The predicted molar refractivity (Wildman–Crippen MR) is 78.0 cm³/mol. The van der Waals surface area contributed by atoms with E-state index in [1.807, 2.05) is 6.92 Å². The standard InChI is InChI=1S/C17H26O3/c1-6-8-9-13-15(3,4)11-16(5,17(13)12-20-17)10-14(18)19-7-2/h1,13H,7-12H2,2-5H3/t13-,16-,17?/m0/s1. The maximum absolute atomic E-state index is 11.9. The van der Waals surface area contributed by atoms with Crippen molar-refractivity contribution in [1.82, 2.24) is 0 Å². The third-order valence-electron chi connectivity index (χ3n) is 5.25. The van der Waals surface area contributed by atoms with Gasteiger partial charge >= 0.3 is 5.97 Å². The Labute approximate surface area is 122 Å². The van der Waals surface area contributed by atoms with E-state index in [4.69, 9.17) is 15.9 Å². The summed E-state index contributed by atoms with van der Waals surface area (Å²) in [5.41, 5.74) is -0.156. The Hall–Kier alpha value is -1.01. The van der Waals surface area contributed by atoms with Gasteiger partial charge < -0.3 is 9.47 Å². The zero-order valence-electron chi connectivity index (χ0n) is 13.1. The molecule has 1 unspecified atom stereocenters. The van der Waals surface area contributed by atoms with Gasteiger partial charge in [0.25, 0.3) is 0 Å². The number of esters is 1. The summed E-state index contributed by atoms with van der Waals surface area (Å²) < 4.78 is 11.1. The van der Waals surface area contributed by atoms with Crippen LogP contribution in [0.5, 0.6) is 0 Å². The SMILES string of the molecule is C#CCC[C@H]1C(C)(C)C[C@](C)(CC(=O)OCC)C12CO2. The maximum atomic E-state index is 11.9. The normalized spacial score (nSPS) is 37.6. The third kappa shape index (κ3) is 2.35. The zero-order chi connectivity index (χ0) is 15.0. The van der Waals surface area contributed by atoms with Gasteiger partial charge in [-0.2, -0.15) is 0 Å². The second-order valence-corrected chi connectivity index (χ2v) is 7.18. The molecule has 0 amide bonds. The molecule has 0 N–H and O–H groups in total. The number of ether oxygens (including phenoxy) is 2. The minimum Gasteiger partial charge on any atom is -0.466 e. The summed E-state index contributed by atoms with van der Waals surface area (Å²) in [6, 6.07) is 0. The van der Waals surface area contributed by atoms with E-state index in [9.17, 15) is 4.79 Å². The Morgan fingerprint density at radius 1 is 1.45 bits per heavy atom. The lowest BCUT2D eigenvalue weighted by Crippen LogP contribution is -2.38. The minimum atomic E-state index is -0.167. The summed E-state index contributed by atoms with van der Waals surface area (Å²) in [5.74, 6) is 3.05. The molecule has 1 aliphatic heterocycles. The molecule has 112 valence electrons. The van der Waals surface area contributed by atoms with Crippen molar-refractivity contribution in [2.24, 2.45) is 16.7 Å². The van der Waals surface area contributed by atoms with Crippen LogP contribution in [0.25, 0.3) is 0 Å². The van der Waals surface area contributed by atoms with Gasteiger partial charge in [-0.3, -0.25) is 4.79 Å². The largest absolute Gasteiger partial charge is 0.466 e. The second kappa shape index (κ2) is 5.07. The lowest BCUT2D eigenvalue weighted by molar-refractivity contribution is -0.146. The van der Waals surface area contributed by atoms with Gasteiger partial charge in [0.05, 0.1) is 19.6 Å². The third-order valence-corrected chi connectivity index (χ3v) is 5.25. The Kier molecular flexibility index (Phi) is 3.90. The summed E-state index contributed by atoms with van der Waals surface area (Å²) in [6.45, 7) is 9.75. The molecule has 0 radical (unpaired) electrons. The number of terminal acetylenes is 1. The molecule has 0 bridgehead atoms. The number of hydrogen-bond donors (Lipinski definition) is 0. The van der Waals surface area contributed by atoms with Crippen molar-refractivity contribution in [2.75, 3.05) is 13.2 Å². The van der Waals surface area contributed by atoms with Crippen LogP contribution in [-0.2, 0) is 14.3 Å². The van der Waals surface area contributed by atoms with Crippen molar-refractivity contribution in [2.45, 2.75) is 59.0 Å². The number of hydrogen-bond acceptors (Lipinski definition) is 3. The van der Waals surface area contributed by atoms with Crippen LogP contribution in [-0.4, -0.2) is 24.8 Å². The fourth-order valence-corrected chi connectivity index (χ4v) is 4.55. The van der Waals surface area contributed by atoms with Gasteiger partial charge in [0.1, 0.15) is 5.60 Å². The molecular formula is C17H26O3. The second-order valence-electron chi connectivity index (χ2n) is 7.18. The minimum absolute atomic E-state index is 0.113. The summed E-state index contributed by atoms with van der Waals surface area (Å²) in [4.78, 5) is 11.9. The van der Waals surface area contributed by atoms with Gasteiger partial charge in [-0.25, -0.2) is 0 Å². The molecule has 0 aromatic rings. The highest BCUT2D eigenvalue weighted by atomic mass is 16.6. The molecule has 2 aliphatic rings. The zero-order valence-corrected chi connectivity index (χ0v) is 13.1. The highest BCUT2D eigenvalue weighted by Gasteiger charge is 2.72. The first kappa shape index (κ1) is 15.4. The van der Waals surface area contributed by atoms with Crippen LogP contribution in [0, 0.1) is 29.1 Å². The van der Waals surface area contributed by atoms with E-state index in [-0.39, 0.29) is 22.4 Å². The number of carbonyl (C=O) groups excluding carboxylic acids is 1. The molecular weight excluding hydrogens is 252 g/mol. The highest BCUT2D eigenvalue weighted by Crippen LogP contribution is 2.68. The lowest BCUT2D eigenvalue weighted by Gasteiger charge is -2.31. The quantitative estimate of drug-likeness (QED) is 0.440. The van der Waals surface area contributed by atoms with Crippen LogP contribution in [0.2, 0.25) is 0 Å². The lowest BCUT2D eigenvalue weighted by atomic mass is 9.73. The van der Waals surface area contributed by atoms with Crippen molar-refractivity contribution in [3.63, 3.8) is 0 Å². The molecule has 2 fully saturated rings. The molecule has 0 aromatic carbocycles. The molecule has 20 heavy (non-hydrogen) atoms. The van der Waals surface area contributed by atoms with Crippen molar-refractivity contribution in [3.05, 3.63) is 0 Å². The Morgan fingerprint density at radius 2 is 2.10 bits per heavy atom. The predicted octanol–water partition coefficient (Wildman–Crippen LogP) is 3.17. The first-order chi connectivity index (χ1) is 9.31. The van der Waals surface area contributed by atoms with E-state index in [1.165, 1.54) is 0 Å². The molecule has 2 rings (SSSR count). The van der Waals surface area contributed by atoms with Crippen LogP contribution < -0.4 is 0 Å². The van der Waals surface area contributed by atoms with Crippen LogP contribution in [0.4, 0.5) is 0 Å². The van der Waals surface area contributed by atoms with E-state index < -0.39 is 0 Å². The maximum Gasteiger partial charge on any atom is 0.306 e. The monoisotopic (exact) mass is 278 g/mol. The van der Waals surface area contributed by atoms with Gasteiger partial charge in [-0.15, -0.1) is 12.3 Å². The summed E-state index contributed by atoms with van der Waals surface area (Å²) in [7, 11) is 0. The number of carbonyl (C=O) groups is 1. The summed E-state index contributed by atoms with van der Waals surface area (Å²) in [6.07, 6.45) is 8.60. The smallest absolute Gasteiger partial charge is 0.306 e. The van der Waals surface area contributed by atoms with Gasteiger partial charge in [-0.05, 0) is 31.1 Å². The fourth-order valence-electron chi connectivity index (χ4n) is 4.55. The molecule has 1 saturated heterocycles. The first-order valence-electron chi connectivity index (χ1n) is 7.54. The molecule has 1 heterocycles. The van der Waals surface area contributed by atoms with Crippen molar-refractivity contribution in [3.8, 4) is 12.3 Å².